The van der Waals surface area contributed by atoms with Gasteiger partial charge in [0.05, 0.1) is 17.1 Å². The van der Waals surface area contributed by atoms with Crippen LogP contribution < -0.4 is 5.32 Å². The van der Waals surface area contributed by atoms with E-state index in [2.05, 4.69) is 5.32 Å². The van der Waals surface area contributed by atoms with E-state index in [9.17, 15) is 12.8 Å². The van der Waals surface area contributed by atoms with E-state index in [1.807, 2.05) is 0 Å². The molecule has 1 aromatic carbocycles. The molecule has 19 heavy (non-hydrogen) atoms. The second kappa shape index (κ2) is 5.27. The lowest BCUT2D eigenvalue weighted by Gasteiger charge is -2.22. The minimum atomic E-state index is -2.96. The quantitative estimate of drug-likeness (QED) is 0.909. The molecular formula is C13H15FN2O2S. The van der Waals surface area contributed by atoms with Gasteiger partial charge >= 0.3 is 0 Å². The van der Waals surface area contributed by atoms with Crippen molar-refractivity contribution in [3.05, 3.63) is 35.1 Å². The maximum Gasteiger partial charge on any atom is 0.150 e. The zero-order valence-electron chi connectivity index (χ0n) is 10.6. The molecule has 0 aromatic heterocycles. The van der Waals surface area contributed by atoms with Gasteiger partial charge in [-0.1, -0.05) is 6.07 Å². The Kier molecular flexibility index (Phi) is 3.88. The van der Waals surface area contributed by atoms with Crippen molar-refractivity contribution in [1.29, 1.82) is 5.26 Å². The summed E-state index contributed by atoms with van der Waals surface area (Å²) in [5, 5.41) is 11.9. The molecule has 0 radical (unpaired) electrons. The summed E-state index contributed by atoms with van der Waals surface area (Å²) in [6, 6.07) is 5.96. The Morgan fingerprint density at radius 2 is 2.26 bits per heavy atom. The number of nitrogens with one attached hydrogen (secondary N) is 1. The van der Waals surface area contributed by atoms with Crippen LogP contribution in [0.1, 0.15) is 23.6 Å². The van der Waals surface area contributed by atoms with Crippen molar-refractivity contribution in [1.82, 2.24) is 5.32 Å². The van der Waals surface area contributed by atoms with E-state index in [0.717, 1.165) is 5.56 Å². The van der Waals surface area contributed by atoms with Crippen LogP contribution in [0, 0.1) is 23.1 Å². The molecule has 2 rings (SSSR count). The number of hydrogen-bond acceptors (Lipinski definition) is 4. The van der Waals surface area contributed by atoms with Crippen molar-refractivity contribution in [2.45, 2.75) is 12.5 Å². The molecule has 2 atom stereocenters. The average Bonchev–Trinajstić information content (AvgIpc) is 2.72. The Balaban J connectivity index is 2.31. The lowest BCUT2D eigenvalue weighted by molar-refractivity contribution is 0.418. The second-order valence-corrected chi connectivity index (χ2v) is 7.01. The molecule has 0 bridgehead atoms. The smallest absolute Gasteiger partial charge is 0.150 e. The van der Waals surface area contributed by atoms with E-state index in [1.54, 1.807) is 19.2 Å². The van der Waals surface area contributed by atoms with Gasteiger partial charge in [0.15, 0.2) is 9.84 Å². The highest BCUT2D eigenvalue weighted by Gasteiger charge is 2.33. The second-order valence-electron chi connectivity index (χ2n) is 4.78. The third-order valence-corrected chi connectivity index (χ3v) is 5.31. The van der Waals surface area contributed by atoms with Gasteiger partial charge in [-0.05, 0) is 37.1 Å². The van der Waals surface area contributed by atoms with Crippen LogP contribution in [0.2, 0.25) is 0 Å². The van der Waals surface area contributed by atoms with Crippen molar-refractivity contribution >= 4 is 9.84 Å². The lowest BCUT2D eigenvalue weighted by Crippen LogP contribution is -2.26. The topological polar surface area (TPSA) is 70.0 Å². The van der Waals surface area contributed by atoms with E-state index in [1.165, 1.54) is 12.1 Å². The van der Waals surface area contributed by atoms with Crippen LogP contribution in [0.15, 0.2) is 18.2 Å². The van der Waals surface area contributed by atoms with Crippen molar-refractivity contribution < 1.29 is 12.8 Å². The van der Waals surface area contributed by atoms with Crippen LogP contribution in [0.3, 0.4) is 0 Å². The fraction of sp³-hybridized carbons (Fsp3) is 0.462. The summed E-state index contributed by atoms with van der Waals surface area (Å²) >= 11 is 0. The van der Waals surface area contributed by atoms with Gasteiger partial charge in [-0.2, -0.15) is 5.26 Å². The fourth-order valence-corrected chi connectivity index (χ4v) is 4.42. The van der Waals surface area contributed by atoms with Crippen LogP contribution in [0.4, 0.5) is 4.39 Å². The standard InChI is InChI=1S/C13H15FN2O2S/c1-16-13(10-4-5-19(17,18)8-10)9-2-3-12(14)11(6-9)7-15/h2-3,6,10,13,16H,4-5,8H2,1H3. The SMILES string of the molecule is CNC(c1ccc(F)c(C#N)c1)C1CCS(=O)(=O)C1. The van der Waals surface area contributed by atoms with Crippen LogP contribution in [-0.4, -0.2) is 27.0 Å². The third-order valence-electron chi connectivity index (χ3n) is 3.52. The van der Waals surface area contributed by atoms with Crippen LogP contribution >= 0.6 is 0 Å². The largest absolute Gasteiger partial charge is 0.313 e. The maximum atomic E-state index is 13.3. The molecular weight excluding hydrogens is 267 g/mol. The number of halogens is 1. The van der Waals surface area contributed by atoms with Gasteiger partial charge in [-0.3, -0.25) is 0 Å². The van der Waals surface area contributed by atoms with E-state index in [4.69, 9.17) is 5.26 Å². The molecule has 0 spiro atoms. The normalized spacial score (nSPS) is 22.9. The lowest BCUT2D eigenvalue weighted by atomic mass is 9.91. The molecule has 2 unspecified atom stereocenters. The Morgan fingerprint density at radius 3 is 2.79 bits per heavy atom. The maximum absolute atomic E-state index is 13.3. The fourth-order valence-electron chi connectivity index (χ4n) is 2.58. The Hall–Kier alpha value is -1.45. The number of nitriles is 1. The van der Waals surface area contributed by atoms with Crippen molar-refractivity contribution in [2.24, 2.45) is 5.92 Å². The van der Waals surface area contributed by atoms with E-state index < -0.39 is 15.7 Å². The molecule has 1 N–H and O–H groups in total. The van der Waals surface area contributed by atoms with Crippen LogP contribution in [-0.2, 0) is 9.84 Å². The molecule has 102 valence electrons. The average molecular weight is 282 g/mol. The van der Waals surface area contributed by atoms with Gasteiger partial charge in [0, 0.05) is 6.04 Å². The molecule has 0 amide bonds. The first-order chi connectivity index (χ1) is 8.96. The molecule has 4 nitrogen and oxygen atoms in total. The van der Waals surface area contributed by atoms with Gasteiger partial charge in [0.2, 0.25) is 0 Å². The molecule has 1 saturated heterocycles. The van der Waals surface area contributed by atoms with E-state index >= 15 is 0 Å². The van der Waals surface area contributed by atoms with Gasteiger partial charge in [0.1, 0.15) is 11.9 Å². The van der Waals surface area contributed by atoms with Gasteiger partial charge in [-0.25, -0.2) is 12.8 Å². The molecule has 1 aromatic rings. The summed E-state index contributed by atoms with van der Waals surface area (Å²) in [4.78, 5) is 0. The molecule has 0 aliphatic carbocycles. The van der Waals surface area contributed by atoms with Gasteiger partial charge < -0.3 is 5.32 Å². The number of benzene rings is 1. The highest BCUT2D eigenvalue weighted by molar-refractivity contribution is 7.91. The molecule has 1 heterocycles. The predicted molar refractivity (Wildman–Crippen MR) is 69.7 cm³/mol. The first kappa shape index (κ1) is 14.0. The van der Waals surface area contributed by atoms with Gasteiger partial charge in [0.25, 0.3) is 0 Å². The molecule has 0 saturated carbocycles. The number of hydrogen-bond donors (Lipinski definition) is 1. The van der Waals surface area contributed by atoms with E-state index in [0.29, 0.717) is 6.42 Å². The minimum Gasteiger partial charge on any atom is -0.313 e. The zero-order valence-corrected chi connectivity index (χ0v) is 11.4. The Morgan fingerprint density at radius 1 is 1.53 bits per heavy atom. The van der Waals surface area contributed by atoms with Crippen molar-refractivity contribution in [3.8, 4) is 6.07 Å². The highest BCUT2D eigenvalue weighted by Crippen LogP contribution is 2.31. The Labute approximate surface area is 112 Å². The first-order valence-electron chi connectivity index (χ1n) is 6.04. The monoisotopic (exact) mass is 282 g/mol. The molecule has 1 fully saturated rings. The summed E-state index contributed by atoms with van der Waals surface area (Å²) in [6.07, 6.45) is 0.590. The summed E-state index contributed by atoms with van der Waals surface area (Å²) in [5.41, 5.74) is 0.737. The van der Waals surface area contributed by atoms with Crippen LogP contribution in [0.5, 0.6) is 0 Å². The van der Waals surface area contributed by atoms with Gasteiger partial charge in [-0.15, -0.1) is 0 Å². The molecule has 6 heteroatoms. The van der Waals surface area contributed by atoms with Crippen molar-refractivity contribution in [2.75, 3.05) is 18.6 Å². The third kappa shape index (κ3) is 2.94. The summed E-state index contributed by atoms with van der Waals surface area (Å²) in [6.45, 7) is 0. The highest BCUT2D eigenvalue weighted by atomic mass is 32.2. The first-order valence-corrected chi connectivity index (χ1v) is 7.86. The summed E-state index contributed by atoms with van der Waals surface area (Å²) in [5.74, 6) is -0.257. The number of rotatable bonds is 3. The summed E-state index contributed by atoms with van der Waals surface area (Å²) in [7, 11) is -1.22. The van der Waals surface area contributed by atoms with E-state index in [-0.39, 0.29) is 29.0 Å². The molecule has 1 aliphatic heterocycles. The number of sulfone groups is 1. The summed E-state index contributed by atoms with van der Waals surface area (Å²) < 4.78 is 36.4. The molecule has 1 aliphatic rings. The van der Waals surface area contributed by atoms with Crippen molar-refractivity contribution in [3.63, 3.8) is 0 Å². The van der Waals surface area contributed by atoms with Crippen LogP contribution in [0.25, 0.3) is 0 Å². The number of nitrogens with zero attached hydrogens (tertiary/aromatic N) is 1. The Bertz CT molecular complexity index is 622. The predicted octanol–water partition coefficient (Wildman–Crippen LogP) is 1.39. The zero-order chi connectivity index (χ0) is 14.0. The minimum absolute atomic E-state index is 0.0152.